The number of hydrogen-bond acceptors (Lipinski definition) is 9. The molecule has 1 unspecified atom stereocenters. The van der Waals surface area contributed by atoms with Gasteiger partial charge in [0.25, 0.3) is 16.3 Å². The molecule has 0 fully saturated rings. The number of ether oxygens (including phenoxy) is 1. The number of rotatable bonds is 13. The van der Waals surface area contributed by atoms with E-state index in [1.54, 1.807) is 31.2 Å². The van der Waals surface area contributed by atoms with Gasteiger partial charge >= 0.3 is 12.1 Å². The highest BCUT2D eigenvalue weighted by molar-refractivity contribution is 7.90. The quantitative estimate of drug-likeness (QED) is 0.0934. The molecule has 2 aromatic carbocycles. The average Bonchev–Trinajstić information content (AvgIpc) is 3.42. The third kappa shape index (κ3) is 9.16. The van der Waals surface area contributed by atoms with Crippen molar-refractivity contribution in [2.75, 3.05) is 13.6 Å². The summed E-state index contributed by atoms with van der Waals surface area (Å²) in [6.45, 7) is 4.78. The Morgan fingerprint density at radius 2 is 1.80 bits per heavy atom. The van der Waals surface area contributed by atoms with Crippen LogP contribution in [0.5, 0.6) is 0 Å². The zero-order valence-electron chi connectivity index (χ0n) is 24.2. The summed E-state index contributed by atoms with van der Waals surface area (Å²) >= 11 is 0. The number of alkyl halides is 3. The third-order valence-corrected chi connectivity index (χ3v) is 7.41. The molecule has 238 valence electrons. The van der Waals surface area contributed by atoms with Gasteiger partial charge in [-0.05, 0) is 43.7 Å². The largest absolute Gasteiger partial charge is 0.569 e. The molecule has 3 rings (SSSR count). The van der Waals surface area contributed by atoms with E-state index < -0.39 is 40.1 Å². The van der Waals surface area contributed by atoms with Crippen LogP contribution in [0.15, 0.2) is 64.8 Å². The average molecular weight is 641 g/mol. The molecule has 0 saturated heterocycles. The lowest BCUT2D eigenvalue weighted by atomic mass is 10.1. The first kappa shape index (κ1) is 33.8. The van der Waals surface area contributed by atoms with Crippen LogP contribution in [0.1, 0.15) is 44.4 Å². The SMILES string of the molecule is CCC(=O)OC(C)O/N=[N+](\[O-])N(C)CCCC(=O)NS(=O)(=O)c1ccc(-n2nc(C(F)(F)F)cc2-c2ccc(C)cc2)cc1. The fourth-order valence-electron chi connectivity index (χ4n) is 3.69. The predicted molar refractivity (Wildman–Crippen MR) is 149 cm³/mol. The van der Waals surface area contributed by atoms with E-state index in [2.05, 4.69) is 10.4 Å². The molecular weight excluding hydrogens is 609 g/mol. The van der Waals surface area contributed by atoms with Crippen LogP contribution in [0.2, 0.25) is 0 Å². The Morgan fingerprint density at radius 1 is 1.16 bits per heavy atom. The third-order valence-electron chi connectivity index (χ3n) is 6.02. The fourth-order valence-corrected chi connectivity index (χ4v) is 4.70. The standard InChI is InChI=1S/C27H31F3N6O7S/c1-5-26(38)42-19(3)43-33-36(39)34(4)16-6-7-25(37)32-44(40,41)22-14-12-21(13-15-22)35-23(17-24(31-35)27(28,29)30)20-10-8-18(2)9-11-20/h8-15,17,19H,5-7,16H2,1-4H3,(H,32,37)/b36-33-. The molecule has 44 heavy (non-hydrogen) atoms. The zero-order chi connectivity index (χ0) is 32.7. The van der Waals surface area contributed by atoms with Gasteiger partial charge in [0, 0.05) is 25.3 Å². The molecule has 0 aliphatic carbocycles. The number of hydrazine groups is 1. The Labute approximate surface area is 251 Å². The monoisotopic (exact) mass is 640 g/mol. The van der Waals surface area contributed by atoms with E-state index in [4.69, 9.17) is 9.57 Å². The minimum Gasteiger partial charge on any atom is -0.569 e. The van der Waals surface area contributed by atoms with Crippen LogP contribution in [0, 0.1) is 12.1 Å². The second kappa shape index (κ2) is 14.2. The van der Waals surface area contributed by atoms with Crippen molar-refractivity contribution in [3.63, 3.8) is 0 Å². The highest BCUT2D eigenvalue weighted by atomic mass is 32.2. The van der Waals surface area contributed by atoms with Crippen LogP contribution in [-0.4, -0.2) is 59.9 Å². The van der Waals surface area contributed by atoms with Gasteiger partial charge in [-0.15, -0.1) is 5.01 Å². The summed E-state index contributed by atoms with van der Waals surface area (Å²) in [4.78, 5) is 28.1. The molecule has 1 heterocycles. The minimum absolute atomic E-state index is 0.00520. The van der Waals surface area contributed by atoms with Gasteiger partial charge in [0.15, 0.2) is 5.69 Å². The number of carbonyl (C=O) groups excluding carboxylic acids is 2. The summed E-state index contributed by atoms with van der Waals surface area (Å²) in [6, 6.07) is 12.5. The molecule has 13 nitrogen and oxygen atoms in total. The fraction of sp³-hybridized carbons (Fsp3) is 0.370. The van der Waals surface area contributed by atoms with E-state index in [1.165, 1.54) is 26.1 Å². The summed E-state index contributed by atoms with van der Waals surface area (Å²) in [5.74, 6) is -1.39. The molecule has 1 N–H and O–H groups in total. The molecule has 1 atom stereocenters. The van der Waals surface area contributed by atoms with Gasteiger partial charge in [0.2, 0.25) is 11.2 Å². The van der Waals surface area contributed by atoms with Gasteiger partial charge in [0.05, 0.1) is 34.8 Å². The van der Waals surface area contributed by atoms with Crippen molar-refractivity contribution in [3.8, 4) is 16.9 Å². The number of halogens is 3. The molecule has 1 amide bonds. The number of esters is 1. The molecule has 0 spiro atoms. The van der Waals surface area contributed by atoms with Crippen LogP contribution >= 0.6 is 0 Å². The summed E-state index contributed by atoms with van der Waals surface area (Å²) in [5.41, 5.74) is 0.586. The second-order valence-corrected chi connectivity index (χ2v) is 11.2. The number of nitrogens with zero attached hydrogens (tertiary/aromatic N) is 5. The maximum Gasteiger partial charge on any atom is 0.435 e. The number of carbonyl (C=O) groups is 2. The van der Waals surface area contributed by atoms with Crippen molar-refractivity contribution >= 4 is 21.9 Å². The molecular formula is C27H31F3N6O7S. The number of sulfonamides is 1. The first-order valence-electron chi connectivity index (χ1n) is 13.3. The molecule has 1 aromatic heterocycles. The molecule has 0 aliphatic heterocycles. The summed E-state index contributed by atoms with van der Waals surface area (Å²) < 4.78 is 73.7. The van der Waals surface area contributed by atoms with Crippen molar-refractivity contribution < 1.29 is 45.7 Å². The van der Waals surface area contributed by atoms with Crippen molar-refractivity contribution in [3.05, 3.63) is 71.1 Å². The van der Waals surface area contributed by atoms with Gasteiger partial charge in [0.1, 0.15) is 0 Å². The molecule has 0 aliphatic rings. The highest BCUT2D eigenvalue weighted by Crippen LogP contribution is 2.33. The Balaban J connectivity index is 1.63. The van der Waals surface area contributed by atoms with E-state index in [0.717, 1.165) is 33.5 Å². The lowest BCUT2D eigenvalue weighted by Gasteiger charge is -2.14. The number of benzene rings is 2. The van der Waals surface area contributed by atoms with Gasteiger partial charge in [-0.25, -0.2) is 17.8 Å². The lowest BCUT2D eigenvalue weighted by molar-refractivity contribution is -0.707. The predicted octanol–water partition coefficient (Wildman–Crippen LogP) is 4.49. The maximum absolute atomic E-state index is 13.5. The zero-order valence-corrected chi connectivity index (χ0v) is 25.1. The number of aryl methyl sites for hydroxylation is 1. The van der Waals surface area contributed by atoms with E-state index in [-0.39, 0.29) is 47.1 Å². The Hall–Kier alpha value is -4.67. The lowest BCUT2D eigenvalue weighted by Crippen LogP contribution is -2.32. The first-order valence-corrected chi connectivity index (χ1v) is 14.7. The van der Waals surface area contributed by atoms with Crippen LogP contribution in [0.4, 0.5) is 13.2 Å². The van der Waals surface area contributed by atoms with Gasteiger partial charge in [-0.2, -0.15) is 18.3 Å². The smallest absolute Gasteiger partial charge is 0.435 e. The van der Waals surface area contributed by atoms with E-state index in [9.17, 15) is 36.4 Å². The number of nitrogens with one attached hydrogen (secondary N) is 1. The van der Waals surface area contributed by atoms with Crippen molar-refractivity contribution in [2.24, 2.45) is 5.28 Å². The summed E-state index contributed by atoms with van der Waals surface area (Å²) in [7, 11) is -2.97. The highest BCUT2D eigenvalue weighted by Gasteiger charge is 2.35. The van der Waals surface area contributed by atoms with E-state index in [1.807, 2.05) is 11.6 Å². The van der Waals surface area contributed by atoms with Crippen molar-refractivity contribution in [1.82, 2.24) is 19.5 Å². The number of amides is 1. The Morgan fingerprint density at radius 3 is 2.39 bits per heavy atom. The van der Waals surface area contributed by atoms with Gasteiger partial charge < -0.3 is 9.94 Å². The molecule has 0 bridgehead atoms. The molecule has 17 heteroatoms. The van der Waals surface area contributed by atoms with Gasteiger partial charge in [-0.1, -0.05) is 36.8 Å². The topological polar surface area (TPSA) is 158 Å². The van der Waals surface area contributed by atoms with Gasteiger partial charge in [-0.3, -0.25) is 14.4 Å². The van der Waals surface area contributed by atoms with Crippen LogP contribution < -0.4 is 4.72 Å². The Bertz CT molecular complexity index is 1590. The van der Waals surface area contributed by atoms with Crippen molar-refractivity contribution in [1.29, 1.82) is 0 Å². The summed E-state index contributed by atoms with van der Waals surface area (Å²) in [5, 5.41) is 19.9. The molecule has 0 radical (unpaired) electrons. The number of aromatic nitrogens is 2. The molecule has 3 aromatic rings. The van der Waals surface area contributed by atoms with Crippen molar-refractivity contribution in [2.45, 2.75) is 57.4 Å². The Kier molecular flexibility index (Phi) is 10.9. The maximum atomic E-state index is 13.5. The first-order chi connectivity index (χ1) is 20.6. The van der Waals surface area contributed by atoms with E-state index in [0.29, 0.717) is 5.56 Å². The van der Waals surface area contributed by atoms with Crippen LogP contribution in [0.3, 0.4) is 0 Å². The van der Waals surface area contributed by atoms with E-state index >= 15 is 0 Å². The molecule has 0 saturated carbocycles. The normalized spacial score (nSPS) is 12.8. The summed E-state index contributed by atoms with van der Waals surface area (Å²) in [6.07, 6.45) is -5.89. The number of hydrogen-bond donors (Lipinski definition) is 1. The van der Waals surface area contributed by atoms with Crippen LogP contribution in [-0.2, 0) is 35.4 Å². The minimum atomic E-state index is -4.70. The second-order valence-electron chi connectivity index (χ2n) is 9.55. The van der Waals surface area contributed by atoms with Crippen LogP contribution in [0.25, 0.3) is 16.9 Å².